The summed E-state index contributed by atoms with van der Waals surface area (Å²) in [5.41, 5.74) is 0. The number of halogens is 2. The van der Waals surface area contributed by atoms with Gasteiger partial charge in [-0.25, -0.2) is 0 Å². The van der Waals surface area contributed by atoms with Crippen LogP contribution in [0.3, 0.4) is 0 Å². The van der Waals surface area contributed by atoms with Crippen LogP contribution < -0.4 is 0 Å². The molecule has 0 bridgehead atoms. The van der Waals surface area contributed by atoms with Crippen LogP contribution in [0.15, 0.2) is 5.10 Å². The second-order valence-corrected chi connectivity index (χ2v) is 1.23. The van der Waals surface area contributed by atoms with Crippen molar-refractivity contribution in [3.05, 3.63) is 0 Å². The lowest BCUT2D eigenvalue weighted by Gasteiger charge is -2.07. The summed E-state index contributed by atoms with van der Waals surface area (Å²) in [7, 11) is 0. The highest BCUT2D eigenvalue weighted by atomic mass is 19.3. The van der Waals surface area contributed by atoms with Crippen molar-refractivity contribution in [1.82, 2.24) is 5.01 Å². The van der Waals surface area contributed by atoms with Gasteiger partial charge in [0.15, 0.2) is 13.1 Å². The topological polar surface area (TPSA) is 24.8 Å². The van der Waals surface area contributed by atoms with Gasteiger partial charge in [-0.15, -0.1) is 5.10 Å². The van der Waals surface area contributed by atoms with Crippen LogP contribution in [0.25, 0.3) is 0 Å². The van der Waals surface area contributed by atoms with E-state index < -0.39 is 6.55 Å². The second kappa shape index (κ2) is 1.94. The molecule has 0 aromatic carbocycles. The lowest BCUT2D eigenvalue weighted by atomic mass is 11.0. The zero-order valence-electron chi connectivity index (χ0n) is 3.92. The van der Waals surface area contributed by atoms with Crippen LogP contribution >= 0.6 is 0 Å². The maximum Gasteiger partial charge on any atom is 0.332 e. The monoisotopic (exact) mass is 122 g/mol. The molecule has 0 atom stereocenters. The maximum atomic E-state index is 11.5. The number of ether oxygens (including phenoxy) is 1. The van der Waals surface area contributed by atoms with Crippen LogP contribution in [0, 0.1) is 0 Å². The highest BCUT2D eigenvalue weighted by Crippen LogP contribution is 2.05. The number of hydrazone groups is 1. The molecule has 0 unspecified atom stereocenters. The third-order valence-electron chi connectivity index (χ3n) is 0.702. The number of hydrogen-bond donors (Lipinski definition) is 0. The van der Waals surface area contributed by atoms with Crippen molar-refractivity contribution >= 4 is 6.40 Å². The Labute approximate surface area is 44.5 Å². The van der Waals surface area contributed by atoms with Gasteiger partial charge in [-0.3, -0.25) is 0 Å². The molecule has 1 aliphatic rings. The first kappa shape index (κ1) is 5.27. The molecule has 0 saturated heterocycles. The Hall–Kier alpha value is -0.870. The van der Waals surface area contributed by atoms with Gasteiger partial charge < -0.3 is 4.74 Å². The molecule has 0 saturated carbocycles. The fourth-order valence-electron chi connectivity index (χ4n) is 0.344. The molecular weight excluding hydrogens is 118 g/mol. The Morgan fingerprint density at radius 2 is 2.50 bits per heavy atom. The fourth-order valence-corrected chi connectivity index (χ4v) is 0.344. The SMILES string of the molecule is FC(F)N1COC=N1. The first-order valence-corrected chi connectivity index (χ1v) is 1.99. The van der Waals surface area contributed by atoms with Crippen molar-refractivity contribution in [3.8, 4) is 0 Å². The number of rotatable bonds is 1. The quantitative estimate of drug-likeness (QED) is 0.471. The molecule has 1 rings (SSSR count). The normalized spacial score (nSPS) is 17.6. The predicted octanol–water partition coefficient (Wildman–Crippen LogP) is 0.442. The number of nitrogens with zero attached hydrogens (tertiary/aromatic N) is 2. The fraction of sp³-hybridized carbons (Fsp3) is 0.667. The number of alkyl halides is 2. The summed E-state index contributed by atoms with van der Waals surface area (Å²) >= 11 is 0. The standard InChI is InChI=1S/C3H4F2N2O/c4-3(5)7-2-8-1-6-7/h1,3H,2H2. The molecule has 1 heterocycles. The van der Waals surface area contributed by atoms with E-state index in [-0.39, 0.29) is 6.73 Å². The van der Waals surface area contributed by atoms with Gasteiger partial charge in [0.2, 0.25) is 0 Å². The molecule has 0 aliphatic carbocycles. The van der Waals surface area contributed by atoms with Gasteiger partial charge in [-0.2, -0.15) is 13.8 Å². The van der Waals surface area contributed by atoms with Crippen LogP contribution in [0.1, 0.15) is 0 Å². The summed E-state index contributed by atoms with van der Waals surface area (Å²) in [6, 6.07) is 0. The van der Waals surface area contributed by atoms with E-state index in [0.717, 1.165) is 6.40 Å². The Kier molecular flexibility index (Phi) is 1.27. The van der Waals surface area contributed by atoms with Crippen LogP contribution in [-0.4, -0.2) is 24.7 Å². The third-order valence-corrected chi connectivity index (χ3v) is 0.702. The minimum Gasteiger partial charge on any atom is -0.459 e. The summed E-state index contributed by atoms with van der Waals surface area (Å²) in [4.78, 5) is 0. The highest BCUT2D eigenvalue weighted by Gasteiger charge is 2.15. The van der Waals surface area contributed by atoms with Gasteiger partial charge in [0.25, 0.3) is 0 Å². The van der Waals surface area contributed by atoms with Crippen molar-refractivity contribution in [1.29, 1.82) is 0 Å². The van der Waals surface area contributed by atoms with Crippen molar-refractivity contribution in [2.45, 2.75) is 6.55 Å². The largest absolute Gasteiger partial charge is 0.459 e. The maximum absolute atomic E-state index is 11.5. The molecule has 1 aliphatic heterocycles. The molecular formula is C3H4F2N2O. The first-order valence-electron chi connectivity index (χ1n) is 1.99. The van der Waals surface area contributed by atoms with E-state index in [2.05, 4.69) is 9.84 Å². The summed E-state index contributed by atoms with van der Waals surface area (Å²) < 4.78 is 27.3. The molecule has 0 N–H and O–H groups in total. The van der Waals surface area contributed by atoms with E-state index in [1.807, 2.05) is 0 Å². The van der Waals surface area contributed by atoms with Crippen LogP contribution in [0.4, 0.5) is 8.78 Å². The van der Waals surface area contributed by atoms with Gasteiger partial charge in [0.1, 0.15) is 0 Å². The van der Waals surface area contributed by atoms with Crippen molar-refractivity contribution in [3.63, 3.8) is 0 Å². The Morgan fingerprint density at radius 3 is 2.75 bits per heavy atom. The molecule has 3 nitrogen and oxygen atoms in total. The van der Waals surface area contributed by atoms with E-state index in [4.69, 9.17) is 0 Å². The van der Waals surface area contributed by atoms with Crippen LogP contribution in [-0.2, 0) is 4.74 Å². The molecule has 0 fully saturated rings. The lowest BCUT2D eigenvalue weighted by Crippen LogP contribution is -2.20. The number of hydrogen-bond acceptors (Lipinski definition) is 3. The summed E-state index contributed by atoms with van der Waals surface area (Å²) in [5, 5.41) is 3.71. The molecule has 5 heteroatoms. The summed E-state index contributed by atoms with van der Waals surface area (Å²) in [6.45, 7) is -2.69. The van der Waals surface area contributed by atoms with Crippen molar-refractivity contribution < 1.29 is 13.5 Å². The average Bonchev–Trinajstić information content (AvgIpc) is 2.12. The van der Waals surface area contributed by atoms with E-state index in [0.29, 0.717) is 5.01 Å². The van der Waals surface area contributed by atoms with Crippen molar-refractivity contribution in [2.24, 2.45) is 5.10 Å². The van der Waals surface area contributed by atoms with Gasteiger partial charge >= 0.3 is 6.55 Å². The Bertz CT molecular complexity index is 105. The average molecular weight is 122 g/mol. The van der Waals surface area contributed by atoms with E-state index in [1.54, 1.807) is 0 Å². The molecule has 0 amide bonds. The molecule has 46 valence electrons. The molecule has 0 aromatic heterocycles. The lowest BCUT2D eigenvalue weighted by molar-refractivity contribution is -0.0468. The Morgan fingerprint density at radius 1 is 1.75 bits per heavy atom. The van der Waals surface area contributed by atoms with Gasteiger partial charge in [0.05, 0.1) is 0 Å². The smallest absolute Gasteiger partial charge is 0.332 e. The molecule has 0 radical (unpaired) electrons. The molecule has 0 aromatic rings. The molecule has 0 spiro atoms. The van der Waals surface area contributed by atoms with E-state index in [9.17, 15) is 8.78 Å². The second-order valence-electron chi connectivity index (χ2n) is 1.23. The minimum atomic E-state index is -2.55. The van der Waals surface area contributed by atoms with Crippen LogP contribution in [0.5, 0.6) is 0 Å². The van der Waals surface area contributed by atoms with Crippen molar-refractivity contribution in [2.75, 3.05) is 6.73 Å². The highest BCUT2D eigenvalue weighted by molar-refractivity contribution is 5.47. The van der Waals surface area contributed by atoms with Gasteiger partial charge in [-0.1, -0.05) is 0 Å². The summed E-state index contributed by atoms with van der Waals surface area (Å²) in [5.74, 6) is 0. The van der Waals surface area contributed by atoms with Gasteiger partial charge in [-0.05, 0) is 0 Å². The zero-order valence-corrected chi connectivity index (χ0v) is 3.92. The summed E-state index contributed by atoms with van der Waals surface area (Å²) in [6.07, 6.45) is 0.992. The van der Waals surface area contributed by atoms with E-state index in [1.165, 1.54) is 0 Å². The molecule has 8 heavy (non-hydrogen) atoms. The predicted molar refractivity (Wildman–Crippen MR) is 22.3 cm³/mol. The van der Waals surface area contributed by atoms with Gasteiger partial charge in [0, 0.05) is 0 Å². The van der Waals surface area contributed by atoms with E-state index >= 15 is 0 Å². The zero-order chi connectivity index (χ0) is 5.98. The minimum absolute atomic E-state index is 0.141. The Balaban J connectivity index is 2.36. The third kappa shape index (κ3) is 0.853. The van der Waals surface area contributed by atoms with Crippen LogP contribution in [0.2, 0.25) is 0 Å². The first-order chi connectivity index (χ1) is 3.80.